The van der Waals surface area contributed by atoms with Crippen LogP contribution in [0.3, 0.4) is 0 Å². The van der Waals surface area contributed by atoms with Crippen LogP contribution >= 0.6 is 46.1 Å². The van der Waals surface area contributed by atoms with Gasteiger partial charge in [0.05, 0.1) is 14.0 Å². The van der Waals surface area contributed by atoms with E-state index in [1.54, 1.807) is 18.2 Å². The van der Waals surface area contributed by atoms with Crippen molar-refractivity contribution in [2.24, 2.45) is 0 Å². The number of aryl methyl sites for hydroxylation is 1. The Bertz CT molecular complexity index is 551. The van der Waals surface area contributed by atoms with Crippen LogP contribution in [0.1, 0.15) is 22.1 Å². The number of benzene rings is 1. The highest BCUT2D eigenvalue weighted by Crippen LogP contribution is 2.41. The molecule has 1 atom stereocenters. The number of alkyl halides is 1. The summed E-state index contributed by atoms with van der Waals surface area (Å²) in [5.41, 5.74) is 2.01. The molecule has 0 saturated heterocycles. The lowest BCUT2D eigenvalue weighted by molar-refractivity contribution is 0.612. The van der Waals surface area contributed by atoms with Gasteiger partial charge in [-0.3, -0.25) is 0 Å². The Morgan fingerprint density at radius 2 is 1.88 bits per heavy atom. The van der Waals surface area contributed by atoms with Crippen LogP contribution in [0.4, 0.5) is 4.39 Å². The molecule has 90 valence electrons. The minimum absolute atomic E-state index is 0.339. The minimum atomic E-state index is -0.619. The maximum atomic E-state index is 13.7. The van der Waals surface area contributed by atoms with E-state index in [1.807, 2.05) is 6.92 Å². The number of hydrogen-bond acceptors (Lipinski definition) is 1. The predicted octanol–water partition coefficient (Wildman–Crippen LogP) is 5.83. The molecule has 0 aliphatic heterocycles. The van der Waals surface area contributed by atoms with E-state index >= 15 is 0 Å². The molecule has 1 unspecified atom stereocenters. The fourth-order valence-electron chi connectivity index (χ4n) is 1.55. The lowest BCUT2D eigenvalue weighted by atomic mass is 10.0. The largest absolute Gasteiger partial charge is 0.207 e. The van der Waals surface area contributed by atoms with Gasteiger partial charge in [-0.15, -0.1) is 22.9 Å². The smallest absolute Gasteiger partial charge is 0.128 e. The highest BCUT2D eigenvalue weighted by Gasteiger charge is 2.20. The van der Waals surface area contributed by atoms with Gasteiger partial charge in [0.25, 0.3) is 0 Å². The van der Waals surface area contributed by atoms with E-state index in [4.69, 9.17) is 34.8 Å². The van der Waals surface area contributed by atoms with Crippen molar-refractivity contribution < 1.29 is 4.39 Å². The summed E-state index contributed by atoms with van der Waals surface area (Å²) in [6.07, 6.45) is 0. The Morgan fingerprint density at radius 1 is 1.18 bits per heavy atom. The molecule has 0 radical (unpaired) electrons. The van der Waals surface area contributed by atoms with E-state index in [1.165, 1.54) is 17.4 Å². The first-order valence-corrected chi connectivity index (χ1v) is 6.85. The van der Waals surface area contributed by atoms with Gasteiger partial charge in [0.15, 0.2) is 0 Å². The summed E-state index contributed by atoms with van der Waals surface area (Å²) in [7, 11) is 0. The van der Waals surface area contributed by atoms with Crippen LogP contribution in [0.15, 0.2) is 24.3 Å². The molecule has 0 bridgehead atoms. The maximum Gasteiger partial charge on any atom is 0.128 e. The first kappa shape index (κ1) is 13.2. The van der Waals surface area contributed by atoms with Gasteiger partial charge >= 0.3 is 0 Å². The van der Waals surface area contributed by atoms with Gasteiger partial charge in [0.2, 0.25) is 0 Å². The van der Waals surface area contributed by atoms with E-state index in [9.17, 15) is 4.39 Å². The summed E-state index contributed by atoms with van der Waals surface area (Å²) in [5.74, 6) is -0.339. The van der Waals surface area contributed by atoms with Crippen molar-refractivity contribution >= 4 is 46.1 Å². The van der Waals surface area contributed by atoms with Crippen LogP contribution in [0, 0.1) is 12.7 Å². The van der Waals surface area contributed by atoms with Gasteiger partial charge in [-0.2, -0.15) is 0 Å². The Morgan fingerprint density at radius 3 is 2.47 bits per heavy atom. The topological polar surface area (TPSA) is 0 Å². The molecule has 0 saturated carbocycles. The molecule has 0 aliphatic carbocycles. The number of thiophene rings is 1. The zero-order valence-corrected chi connectivity index (χ0v) is 11.9. The summed E-state index contributed by atoms with van der Waals surface area (Å²) in [6.45, 7) is 1.88. The Hall–Kier alpha value is -0.280. The maximum absolute atomic E-state index is 13.7. The standard InChI is InChI=1S/C12H8Cl3FS/c1-6-2-3-9(16)7(4-6)11(14)8-5-10(13)17-12(8)15/h2-5,11H,1H3. The van der Waals surface area contributed by atoms with Gasteiger partial charge in [-0.05, 0) is 19.1 Å². The van der Waals surface area contributed by atoms with Gasteiger partial charge in [-0.1, -0.05) is 40.9 Å². The van der Waals surface area contributed by atoms with E-state index in [0.717, 1.165) is 5.56 Å². The molecule has 1 heterocycles. The van der Waals surface area contributed by atoms with Crippen LogP contribution < -0.4 is 0 Å². The predicted molar refractivity (Wildman–Crippen MR) is 73.2 cm³/mol. The van der Waals surface area contributed by atoms with Crippen LogP contribution in [-0.4, -0.2) is 0 Å². The molecule has 1 aromatic heterocycles. The van der Waals surface area contributed by atoms with E-state index in [-0.39, 0.29) is 5.82 Å². The lowest BCUT2D eigenvalue weighted by Gasteiger charge is -2.11. The van der Waals surface area contributed by atoms with Crippen LogP contribution in [0.5, 0.6) is 0 Å². The van der Waals surface area contributed by atoms with Gasteiger partial charge in [-0.25, -0.2) is 4.39 Å². The summed E-state index contributed by atoms with van der Waals surface area (Å²) >= 11 is 19.3. The molecule has 2 rings (SSSR count). The Balaban J connectivity index is 2.46. The van der Waals surface area contributed by atoms with Crippen molar-refractivity contribution in [1.29, 1.82) is 0 Å². The number of rotatable bonds is 2. The molecule has 2 aromatic rings. The second-order valence-corrected chi connectivity index (χ2v) is 6.39. The van der Waals surface area contributed by atoms with Crippen molar-refractivity contribution in [1.82, 2.24) is 0 Å². The molecule has 5 heteroatoms. The normalized spacial score (nSPS) is 12.8. The second-order valence-electron chi connectivity index (χ2n) is 3.67. The third-order valence-electron chi connectivity index (χ3n) is 2.38. The summed E-state index contributed by atoms with van der Waals surface area (Å²) in [6, 6.07) is 6.50. The van der Waals surface area contributed by atoms with Gasteiger partial charge in [0.1, 0.15) is 5.82 Å². The van der Waals surface area contributed by atoms with Crippen LogP contribution in [-0.2, 0) is 0 Å². The van der Waals surface area contributed by atoms with E-state index < -0.39 is 5.38 Å². The average molecular weight is 310 g/mol. The van der Waals surface area contributed by atoms with Crippen molar-refractivity contribution in [3.63, 3.8) is 0 Å². The van der Waals surface area contributed by atoms with Crippen LogP contribution in [0.25, 0.3) is 0 Å². The Kier molecular flexibility index (Phi) is 3.99. The third-order valence-corrected chi connectivity index (χ3v) is 4.37. The molecule has 0 spiro atoms. The van der Waals surface area contributed by atoms with Crippen molar-refractivity contribution in [2.45, 2.75) is 12.3 Å². The first-order chi connectivity index (χ1) is 7.99. The lowest BCUT2D eigenvalue weighted by Crippen LogP contribution is -1.97. The molecule has 0 nitrogen and oxygen atoms in total. The summed E-state index contributed by atoms with van der Waals surface area (Å²) in [5, 5.41) is -0.619. The first-order valence-electron chi connectivity index (χ1n) is 4.84. The van der Waals surface area contributed by atoms with Crippen LogP contribution in [0.2, 0.25) is 8.67 Å². The summed E-state index contributed by atoms with van der Waals surface area (Å²) in [4.78, 5) is 0. The third kappa shape index (κ3) is 2.76. The molecule has 1 aromatic carbocycles. The molecule has 0 fully saturated rings. The zero-order valence-electron chi connectivity index (χ0n) is 8.81. The minimum Gasteiger partial charge on any atom is -0.207 e. The van der Waals surface area contributed by atoms with Crippen molar-refractivity contribution in [2.75, 3.05) is 0 Å². The quantitative estimate of drug-likeness (QED) is 0.612. The molecular weight excluding hydrogens is 302 g/mol. The van der Waals surface area contributed by atoms with Gasteiger partial charge in [0, 0.05) is 11.1 Å². The van der Waals surface area contributed by atoms with Crippen molar-refractivity contribution in [3.05, 3.63) is 55.4 Å². The molecule has 0 aliphatic rings. The number of hydrogen-bond donors (Lipinski definition) is 0. The fraction of sp³-hybridized carbons (Fsp3) is 0.167. The average Bonchev–Trinajstić information content (AvgIpc) is 2.60. The zero-order chi connectivity index (χ0) is 12.6. The summed E-state index contributed by atoms with van der Waals surface area (Å²) < 4.78 is 14.7. The Labute approximate surface area is 118 Å². The van der Waals surface area contributed by atoms with Crippen molar-refractivity contribution in [3.8, 4) is 0 Å². The molecule has 17 heavy (non-hydrogen) atoms. The molecule has 0 N–H and O–H groups in total. The molecule has 0 amide bonds. The number of halogens is 4. The molecular formula is C12H8Cl3FS. The second kappa shape index (κ2) is 5.15. The SMILES string of the molecule is Cc1ccc(F)c(C(Cl)c2cc(Cl)sc2Cl)c1. The highest BCUT2D eigenvalue weighted by atomic mass is 35.5. The highest BCUT2D eigenvalue weighted by molar-refractivity contribution is 7.20. The van der Waals surface area contributed by atoms with Gasteiger partial charge < -0.3 is 0 Å². The van der Waals surface area contributed by atoms with E-state index in [0.29, 0.717) is 19.8 Å². The monoisotopic (exact) mass is 308 g/mol. The fourth-order valence-corrected chi connectivity index (χ4v) is 3.54. The van der Waals surface area contributed by atoms with E-state index in [2.05, 4.69) is 0 Å².